The second-order valence-electron chi connectivity index (χ2n) is 8.32. The maximum absolute atomic E-state index is 13.0. The first-order chi connectivity index (χ1) is 15.6. The third-order valence-corrected chi connectivity index (χ3v) is 6.14. The van der Waals surface area contributed by atoms with Crippen LogP contribution in [0.25, 0.3) is 22.5 Å². The lowest BCUT2D eigenvalue weighted by molar-refractivity contribution is 0.148. The molecule has 2 aromatic heterocycles. The lowest BCUT2D eigenvalue weighted by Crippen LogP contribution is -2.48. The Morgan fingerprint density at radius 3 is 2.66 bits per heavy atom. The van der Waals surface area contributed by atoms with E-state index in [9.17, 15) is 9.50 Å². The normalized spacial score (nSPS) is 22.6. The molecule has 5 rings (SSSR count). The van der Waals surface area contributed by atoms with E-state index >= 15 is 0 Å². The number of methoxy groups -OCH3 is 1. The number of aromatic nitrogens is 4. The minimum atomic E-state index is -0.641. The van der Waals surface area contributed by atoms with Gasteiger partial charge < -0.3 is 20.1 Å². The Labute approximate surface area is 185 Å². The highest BCUT2D eigenvalue weighted by molar-refractivity contribution is 5.73. The fourth-order valence-electron chi connectivity index (χ4n) is 4.28. The third kappa shape index (κ3) is 4.20. The Bertz CT molecular complexity index is 1090. The van der Waals surface area contributed by atoms with E-state index in [1.165, 1.54) is 6.33 Å². The third-order valence-electron chi connectivity index (χ3n) is 6.14. The van der Waals surface area contributed by atoms with Crippen molar-refractivity contribution in [2.45, 2.75) is 37.5 Å². The lowest BCUT2D eigenvalue weighted by Gasteiger charge is -2.33. The Hall–Kier alpha value is -3.33. The first-order valence-corrected chi connectivity index (χ1v) is 10.8. The van der Waals surface area contributed by atoms with Crippen LogP contribution in [0.15, 0.2) is 42.7 Å². The molecule has 1 aromatic carbocycles. The van der Waals surface area contributed by atoms with E-state index in [0.717, 1.165) is 30.9 Å². The van der Waals surface area contributed by atoms with Gasteiger partial charge >= 0.3 is 0 Å². The van der Waals surface area contributed by atoms with E-state index in [1.54, 1.807) is 25.3 Å². The van der Waals surface area contributed by atoms with Crippen LogP contribution in [0.5, 0.6) is 11.6 Å². The van der Waals surface area contributed by atoms with Crippen LogP contribution in [0.3, 0.4) is 0 Å². The van der Waals surface area contributed by atoms with Crippen molar-refractivity contribution in [3.8, 4) is 34.1 Å². The summed E-state index contributed by atoms with van der Waals surface area (Å²) >= 11 is 0. The quantitative estimate of drug-likeness (QED) is 0.609. The van der Waals surface area contributed by atoms with Crippen molar-refractivity contribution in [3.63, 3.8) is 0 Å². The van der Waals surface area contributed by atoms with Crippen molar-refractivity contribution in [1.29, 1.82) is 0 Å². The zero-order chi connectivity index (χ0) is 22.1. The van der Waals surface area contributed by atoms with Crippen LogP contribution in [-0.2, 0) is 0 Å². The zero-order valence-corrected chi connectivity index (χ0v) is 17.8. The van der Waals surface area contributed by atoms with Crippen LogP contribution < -0.4 is 15.0 Å². The summed E-state index contributed by atoms with van der Waals surface area (Å²) in [4.78, 5) is 10.4. The summed E-state index contributed by atoms with van der Waals surface area (Å²) < 4.78 is 18.2. The second-order valence-corrected chi connectivity index (χ2v) is 8.32. The molecule has 1 saturated heterocycles. The molecule has 2 fully saturated rings. The number of aromatic hydroxyl groups is 1. The molecule has 1 aliphatic carbocycles. The van der Waals surface area contributed by atoms with Gasteiger partial charge in [0.2, 0.25) is 5.88 Å². The lowest BCUT2D eigenvalue weighted by atomic mass is 9.90. The maximum atomic E-state index is 13.0. The monoisotopic (exact) mass is 436 g/mol. The number of phenols is 1. The van der Waals surface area contributed by atoms with Gasteiger partial charge in [-0.2, -0.15) is 0 Å². The van der Waals surface area contributed by atoms with Gasteiger partial charge in [-0.3, -0.25) is 0 Å². The summed E-state index contributed by atoms with van der Waals surface area (Å²) in [6, 6.07) is 11.5. The molecular formula is C23H25FN6O2. The Morgan fingerprint density at radius 2 is 1.94 bits per heavy atom. The number of hydrogen-bond donors (Lipinski definition) is 2. The topological polar surface area (TPSA) is 96.3 Å². The molecule has 8 nitrogen and oxygen atoms in total. The summed E-state index contributed by atoms with van der Waals surface area (Å²) in [6.45, 7) is 1.73. The largest absolute Gasteiger partial charge is 0.507 e. The number of nitrogens with one attached hydrogen (secondary N) is 1. The van der Waals surface area contributed by atoms with Gasteiger partial charge in [0.25, 0.3) is 0 Å². The van der Waals surface area contributed by atoms with Crippen LogP contribution >= 0.6 is 0 Å². The molecule has 2 aliphatic rings. The summed E-state index contributed by atoms with van der Waals surface area (Å²) in [5.74, 6) is 1.36. The van der Waals surface area contributed by atoms with Crippen molar-refractivity contribution in [2.24, 2.45) is 0 Å². The molecule has 32 heavy (non-hydrogen) atoms. The van der Waals surface area contributed by atoms with Gasteiger partial charge in [-0.1, -0.05) is 6.07 Å². The fraction of sp³-hybridized carbons (Fsp3) is 0.391. The molecule has 9 heteroatoms. The van der Waals surface area contributed by atoms with Crippen LogP contribution in [0, 0.1) is 0 Å². The smallest absolute Gasteiger partial charge is 0.216 e. The summed E-state index contributed by atoms with van der Waals surface area (Å²) in [5.41, 5.74) is 2.59. The molecule has 3 aromatic rings. The van der Waals surface area contributed by atoms with Crippen LogP contribution in [0.4, 0.5) is 10.2 Å². The molecule has 1 atom stereocenters. The van der Waals surface area contributed by atoms with E-state index in [-0.39, 0.29) is 5.75 Å². The van der Waals surface area contributed by atoms with Crippen LogP contribution in [0.1, 0.15) is 19.3 Å². The number of hydrogen-bond acceptors (Lipinski definition) is 8. The standard InChI is InChI=1S/C23H25FN6O2/c1-32-23-11-20(25-13-26-23)14-2-3-18(21(31)8-14)19-4-5-22(29-28-19)30-7-6-16(12-30)27-17-9-15(24)10-17/h2-5,8,11,13,15-17,27,31H,6-7,9-10,12H2,1H3/t15-,16-,17+/m1/s1. The zero-order valence-electron chi connectivity index (χ0n) is 17.8. The van der Waals surface area contributed by atoms with Gasteiger partial charge in [0, 0.05) is 42.4 Å². The molecule has 0 unspecified atom stereocenters. The molecule has 3 heterocycles. The predicted molar refractivity (Wildman–Crippen MR) is 118 cm³/mol. The number of rotatable bonds is 6. The number of halogens is 1. The number of ether oxygens (including phenoxy) is 1. The average molecular weight is 436 g/mol. The van der Waals surface area contributed by atoms with E-state index < -0.39 is 6.17 Å². The van der Waals surface area contributed by atoms with Crippen LogP contribution in [-0.4, -0.2) is 63.7 Å². The molecule has 0 bridgehead atoms. The molecule has 1 aliphatic heterocycles. The SMILES string of the molecule is COc1cc(-c2ccc(-c3ccc(N4CC[C@@H](N[C@H]5C[C@@H](F)C5)C4)nn3)c(O)c2)ncn1. The number of anilines is 1. The molecule has 0 spiro atoms. The summed E-state index contributed by atoms with van der Waals surface area (Å²) in [7, 11) is 1.54. The Kier molecular flexibility index (Phi) is 5.57. The van der Waals surface area contributed by atoms with E-state index in [2.05, 4.69) is 30.4 Å². The number of nitrogens with zero attached hydrogens (tertiary/aromatic N) is 5. The first kappa shape index (κ1) is 20.6. The minimum absolute atomic E-state index is 0.0965. The van der Waals surface area contributed by atoms with Gasteiger partial charge in [-0.05, 0) is 43.5 Å². The fourth-order valence-corrected chi connectivity index (χ4v) is 4.28. The Balaban J connectivity index is 1.27. The first-order valence-electron chi connectivity index (χ1n) is 10.8. The number of alkyl halides is 1. The van der Waals surface area contributed by atoms with Crippen molar-refractivity contribution in [1.82, 2.24) is 25.5 Å². The minimum Gasteiger partial charge on any atom is -0.507 e. The number of benzene rings is 1. The van der Waals surface area contributed by atoms with Gasteiger partial charge in [-0.25, -0.2) is 14.4 Å². The highest BCUT2D eigenvalue weighted by atomic mass is 19.1. The summed E-state index contributed by atoms with van der Waals surface area (Å²) in [5, 5.41) is 22.8. The Morgan fingerprint density at radius 1 is 1.06 bits per heavy atom. The highest BCUT2D eigenvalue weighted by Crippen LogP contribution is 2.33. The van der Waals surface area contributed by atoms with Crippen molar-refractivity contribution in [2.75, 3.05) is 25.1 Å². The van der Waals surface area contributed by atoms with Crippen molar-refractivity contribution in [3.05, 3.63) is 42.7 Å². The van der Waals surface area contributed by atoms with Crippen LogP contribution in [0.2, 0.25) is 0 Å². The second kappa shape index (κ2) is 8.66. The highest BCUT2D eigenvalue weighted by Gasteiger charge is 2.33. The molecule has 2 N–H and O–H groups in total. The van der Waals surface area contributed by atoms with Gasteiger partial charge in [-0.15, -0.1) is 10.2 Å². The van der Waals surface area contributed by atoms with E-state index in [0.29, 0.717) is 47.8 Å². The van der Waals surface area contributed by atoms with Crippen molar-refractivity contribution < 1.29 is 14.2 Å². The summed E-state index contributed by atoms with van der Waals surface area (Å²) in [6.07, 6.45) is 3.03. The molecule has 0 amide bonds. The average Bonchev–Trinajstić information content (AvgIpc) is 3.27. The molecule has 1 saturated carbocycles. The predicted octanol–water partition coefficient (Wildman–Crippen LogP) is 2.98. The van der Waals surface area contributed by atoms with E-state index in [1.807, 2.05) is 18.2 Å². The van der Waals surface area contributed by atoms with Crippen molar-refractivity contribution >= 4 is 5.82 Å². The molecule has 166 valence electrons. The van der Waals surface area contributed by atoms with Gasteiger partial charge in [0.1, 0.15) is 18.2 Å². The van der Waals surface area contributed by atoms with Gasteiger partial charge in [0.15, 0.2) is 5.82 Å². The number of phenolic OH excluding ortho intramolecular Hbond substituents is 1. The molecular weight excluding hydrogens is 411 g/mol. The molecule has 0 radical (unpaired) electrons. The van der Waals surface area contributed by atoms with Gasteiger partial charge in [0.05, 0.1) is 18.5 Å². The van der Waals surface area contributed by atoms with E-state index in [4.69, 9.17) is 4.74 Å². The maximum Gasteiger partial charge on any atom is 0.216 e.